The number of ether oxygens (including phenoxy) is 1. The van der Waals surface area contributed by atoms with Gasteiger partial charge in [-0.25, -0.2) is 0 Å². The number of rotatable bonds is 0. The quantitative estimate of drug-likeness (QED) is 0.516. The zero-order valence-corrected chi connectivity index (χ0v) is 6.53. The lowest BCUT2D eigenvalue weighted by atomic mass is 10.7. The third-order valence-corrected chi connectivity index (χ3v) is 2.20. The maximum absolute atomic E-state index is 5.56. The van der Waals surface area contributed by atoms with Crippen LogP contribution in [0.3, 0.4) is 0 Å². The minimum Gasteiger partial charge on any atom is -0.377 e. The smallest absolute Gasteiger partial charge is 0.276 e. The van der Waals surface area contributed by atoms with Crippen molar-refractivity contribution in [2.24, 2.45) is 0 Å². The van der Waals surface area contributed by atoms with Gasteiger partial charge in [0.2, 0.25) is 0 Å². The van der Waals surface area contributed by atoms with E-state index in [0.717, 1.165) is 0 Å². The first kappa shape index (κ1) is 7.70. The molecule has 9 heavy (non-hydrogen) atoms. The molecule has 0 aromatic carbocycles. The molecule has 1 saturated heterocycles. The van der Waals surface area contributed by atoms with Crippen molar-refractivity contribution in [1.82, 2.24) is 0 Å². The van der Waals surface area contributed by atoms with Crippen molar-refractivity contribution in [3.05, 3.63) is 0 Å². The summed E-state index contributed by atoms with van der Waals surface area (Å²) >= 11 is 5.56. The first-order valence-corrected chi connectivity index (χ1v) is 4.77. The highest BCUT2D eigenvalue weighted by molar-refractivity contribution is 7.76. The fraction of sp³-hybridized carbons (Fsp3) is 1.00. The molecule has 0 radical (unpaired) electrons. The fourth-order valence-electron chi connectivity index (χ4n) is 0.475. The first-order valence-electron chi connectivity index (χ1n) is 2.69. The molecule has 1 rings (SSSR count). The Morgan fingerprint density at radius 1 is 1.00 bits per heavy atom. The summed E-state index contributed by atoms with van der Waals surface area (Å²) in [4.78, 5) is 0. The van der Waals surface area contributed by atoms with Crippen LogP contribution < -0.4 is 0 Å². The van der Waals surface area contributed by atoms with Gasteiger partial charge in [0.1, 0.15) is 0 Å². The lowest BCUT2D eigenvalue weighted by molar-refractivity contribution is 0.0567. The van der Waals surface area contributed by atoms with Crippen LogP contribution in [0.5, 0.6) is 0 Å². The molecule has 1 heterocycles. The Hall–Kier alpha value is 0.600. The van der Waals surface area contributed by atoms with E-state index in [1.165, 1.54) is 0 Å². The molecular weight excluding hydrogens is 162 g/mol. The van der Waals surface area contributed by atoms with E-state index in [2.05, 4.69) is 0 Å². The van der Waals surface area contributed by atoms with Crippen LogP contribution in [0.4, 0.5) is 0 Å². The minimum atomic E-state index is -1.14. The molecule has 1 fully saturated rings. The summed E-state index contributed by atoms with van der Waals surface area (Å²) in [7, 11) is -1.14. The van der Waals surface area contributed by atoms with E-state index in [1.807, 2.05) is 0 Å². The Morgan fingerprint density at radius 3 is 2.11 bits per heavy atom. The average Bonchev–Trinajstić information content (AvgIpc) is 1.79. The summed E-state index contributed by atoms with van der Waals surface area (Å²) in [5, 5.41) is 0. The molecule has 0 spiro atoms. The van der Waals surface area contributed by atoms with Crippen LogP contribution in [0.2, 0.25) is 0 Å². The second kappa shape index (κ2) is 4.42. The molecule has 0 atom stereocenters. The highest BCUT2D eigenvalue weighted by Crippen LogP contribution is 2.43. The molecule has 0 amide bonds. The summed E-state index contributed by atoms with van der Waals surface area (Å²) in [6, 6.07) is 0. The molecule has 0 aromatic heterocycles. The van der Waals surface area contributed by atoms with Gasteiger partial charge >= 0.3 is 0 Å². The molecule has 0 aliphatic carbocycles. The van der Waals surface area contributed by atoms with Crippen molar-refractivity contribution in [3.63, 3.8) is 0 Å². The van der Waals surface area contributed by atoms with E-state index in [4.69, 9.17) is 25.0 Å². The fourth-order valence-corrected chi connectivity index (χ4v) is 1.40. The SMILES string of the molecule is ClP1OCCOCCO1. The zero-order chi connectivity index (χ0) is 6.53. The lowest BCUT2D eigenvalue weighted by Gasteiger charge is -2.13. The van der Waals surface area contributed by atoms with Crippen LogP contribution in [0.15, 0.2) is 0 Å². The van der Waals surface area contributed by atoms with Crippen LogP contribution in [-0.2, 0) is 13.8 Å². The molecule has 54 valence electrons. The zero-order valence-electron chi connectivity index (χ0n) is 4.88. The van der Waals surface area contributed by atoms with Gasteiger partial charge in [0.25, 0.3) is 7.73 Å². The Kier molecular flexibility index (Phi) is 3.78. The summed E-state index contributed by atoms with van der Waals surface area (Å²) in [6.07, 6.45) is 0. The summed E-state index contributed by atoms with van der Waals surface area (Å²) < 4.78 is 15.0. The van der Waals surface area contributed by atoms with Crippen LogP contribution in [0.1, 0.15) is 0 Å². The van der Waals surface area contributed by atoms with Crippen LogP contribution in [0.25, 0.3) is 0 Å². The number of hydrogen-bond donors (Lipinski definition) is 0. The van der Waals surface area contributed by atoms with Gasteiger partial charge in [-0.2, -0.15) is 0 Å². The van der Waals surface area contributed by atoms with Crippen LogP contribution >= 0.6 is 19.0 Å². The first-order chi connectivity index (χ1) is 4.39. The van der Waals surface area contributed by atoms with Gasteiger partial charge < -0.3 is 13.8 Å². The van der Waals surface area contributed by atoms with E-state index < -0.39 is 7.73 Å². The van der Waals surface area contributed by atoms with E-state index in [9.17, 15) is 0 Å². The van der Waals surface area contributed by atoms with Crippen molar-refractivity contribution >= 4 is 19.0 Å². The standard InChI is InChI=1S/C4H8ClO3P/c5-9-7-3-1-6-2-4-8-9/h1-4H2. The maximum Gasteiger partial charge on any atom is 0.276 e. The van der Waals surface area contributed by atoms with Crippen LogP contribution in [-0.4, -0.2) is 26.4 Å². The number of hydrogen-bond acceptors (Lipinski definition) is 3. The van der Waals surface area contributed by atoms with E-state index in [1.54, 1.807) is 0 Å². The number of halogens is 1. The molecule has 0 unspecified atom stereocenters. The lowest BCUT2D eigenvalue weighted by Crippen LogP contribution is -2.10. The highest BCUT2D eigenvalue weighted by Gasteiger charge is 2.08. The van der Waals surface area contributed by atoms with Crippen molar-refractivity contribution in [3.8, 4) is 0 Å². The third kappa shape index (κ3) is 3.33. The Morgan fingerprint density at radius 2 is 1.56 bits per heavy atom. The topological polar surface area (TPSA) is 27.7 Å². The van der Waals surface area contributed by atoms with Gasteiger partial charge in [-0.05, 0) is 11.2 Å². The molecule has 0 saturated carbocycles. The summed E-state index contributed by atoms with van der Waals surface area (Å²) in [6.45, 7) is 2.31. The molecule has 1 aliphatic heterocycles. The van der Waals surface area contributed by atoms with Gasteiger partial charge in [0.15, 0.2) is 0 Å². The highest BCUT2D eigenvalue weighted by atomic mass is 35.7. The minimum absolute atomic E-state index is 0.537. The van der Waals surface area contributed by atoms with Crippen molar-refractivity contribution < 1.29 is 13.8 Å². The molecule has 5 heteroatoms. The van der Waals surface area contributed by atoms with Gasteiger partial charge in [-0.15, -0.1) is 0 Å². The monoisotopic (exact) mass is 170 g/mol. The van der Waals surface area contributed by atoms with Crippen molar-refractivity contribution in [2.75, 3.05) is 26.4 Å². The van der Waals surface area contributed by atoms with Gasteiger partial charge in [-0.1, -0.05) is 0 Å². The van der Waals surface area contributed by atoms with Crippen molar-refractivity contribution in [2.45, 2.75) is 0 Å². The predicted octanol–water partition coefficient (Wildman–Crippen LogP) is 1.52. The molecular formula is C4H8ClO3P. The average molecular weight is 171 g/mol. The Balaban J connectivity index is 2.12. The van der Waals surface area contributed by atoms with E-state index in [-0.39, 0.29) is 0 Å². The van der Waals surface area contributed by atoms with Crippen LogP contribution in [0, 0.1) is 0 Å². The van der Waals surface area contributed by atoms with E-state index >= 15 is 0 Å². The van der Waals surface area contributed by atoms with Gasteiger partial charge in [0.05, 0.1) is 26.4 Å². The largest absolute Gasteiger partial charge is 0.377 e. The Bertz CT molecular complexity index is 74.2. The second-order valence-electron chi connectivity index (χ2n) is 1.49. The predicted molar refractivity (Wildman–Crippen MR) is 35.5 cm³/mol. The summed E-state index contributed by atoms with van der Waals surface area (Å²) in [5.41, 5.74) is 0. The third-order valence-electron chi connectivity index (χ3n) is 0.841. The summed E-state index contributed by atoms with van der Waals surface area (Å²) in [5.74, 6) is 0. The van der Waals surface area contributed by atoms with Gasteiger partial charge in [0, 0.05) is 0 Å². The van der Waals surface area contributed by atoms with Crippen molar-refractivity contribution in [1.29, 1.82) is 0 Å². The molecule has 0 bridgehead atoms. The molecule has 0 N–H and O–H groups in total. The molecule has 0 aromatic rings. The van der Waals surface area contributed by atoms with Gasteiger partial charge in [-0.3, -0.25) is 0 Å². The Labute approximate surface area is 59.9 Å². The van der Waals surface area contributed by atoms with E-state index in [0.29, 0.717) is 26.4 Å². The normalized spacial score (nSPS) is 25.0. The molecule has 3 nitrogen and oxygen atoms in total. The molecule has 1 aliphatic rings. The second-order valence-corrected chi connectivity index (χ2v) is 3.26. The maximum atomic E-state index is 5.56.